The van der Waals surface area contributed by atoms with Gasteiger partial charge < -0.3 is 0 Å². The minimum absolute atomic E-state index is 0.194. The van der Waals surface area contributed by atoms with Gasteiger partial charge in [0.05, 0.1) is 5.34 Å². The van der Waals surface area contributed by atoms with Crippen LogP contribution < -0.4 is 0 Å². The van der Waals surface area contributed by atoms with Gasteiger partial charge in [-0.05, 0) is 18.5 Å². The summed E-state index contributed by atoms with van der Waals surface area (Å²) in [5.74, 6) is 0.391. The summed E-state index contributed by atoms with van der Waals surface area (Å²) in [6.07, 6.45) is 0. The third kappa shape index (κ3) is 7.25. The molecule has 1 rings (SSSR count). The molecular formula is C14H21Cl3N+. The Morgan fingerprint density at radius 3 is 2.00 bits per heavy atom. The number of benzene rings is 1. The fraction of sp³-hybridized carbons (Fsp3) is 0.500. The van der Waals surface area contributed by atoms with Crippen molar-refractivity contribution in [3.8, 4) is 0 Å². The molecule has 0 aliphatic rings. The molecule has 0 bridgehead atoms. The van der Waals surface area contributed by atoms with Crippen LogP contribution in [0, 0.1) is 12.8 Å². The lowest BCUT2D eigenvalue weighted by Crippen LogP contribution is -2.17. The Hall–Kier alpha value is -0.240. The Balaban J connectivity index is 0.000000873. The van der Waals surface area contributed by atoms with Gasteiger partial charge in [0.1, 0.15) is 7.05 Å². The fourth-order valence-corrected chi connectivity index (χ4v) is 1.54. The molecule has 0 heterocycles. The van der Waals surface area contributed by atoms with Gasteiger partial charge in [-0.1, -0.05) is 43.7 Å². The zero-order valence-electron chi connectivity index (χ0n) is 11.4. The molecule has 18 heavy (non-hydrogen) atoms. The van der Waals surface area contributed by atoms with Crippen molar-refractivity contribution in [2.24, 2.45) is 5.92 Å². The first kappa shape index (κ1) is 17.8. The van der Waals surface area contributed by atoms with Crippen LogP contribution in [0.1, 0.15) is 25.0 Å². The van der Waals surface area contributed by atoms with E-state index in [-0.39, 0.29) is 5.34 Å². The van der Waals surface area contributed by atoms with E-state index in [4.69, 9.17) is 34.8 Å². The van der Waals surface area contributed by atoms with Crippen molar-refractivity contribution >= 4 is 40.0 Å². The van der Waals surface area contributed by atoms with Crippen LogP contribution in [0.2, 0.25) is 0 Å². The predicted octanol–water partition coefficient (Wildman–Crippen LogP) is 4.85. The average Bonchev–Trinajstić information content (AvgIpc) is 2.32. The summed E-state index contributed by atoms with van der Waals surface area (Å²) in [7, 11) is 2.03. The lowest BCUT2D eigenvalue weighted by atomic mass is 10.1. The highest BCUT2D eigenvalue weighted by Gasteiger charge is 2.12. The first-order valence-electron chi connectivity index (χ1n) is 5.83. The maximum Gasteiger partial charge on any atom is 0.247 e. The normalized spacial score (nSPS) is 11.8. The van der Waals surface area contributed by atoms with E-state index >= 15 is 0 Å². The van der Waals surface area contributed by atoms with E-state index in [1.807, 2.05) is 7.05 Å². The fourth-order valence-electron chi connectivity index (χ4n) is 1.48. The predicted molar refractivity (Wildman–Crippen MR) is 83.3 cm³/mol. The first-order valence-corrected chi connectivity index (χ1v) is 7.28. The number of halogens is 3. The zero-order chi connectivity index (χ0) is 14.1. The minimum atomic E-state index is 0.194. The Morgan fingerprint density at radius 2 is 1.61 bits per heavy atom. The second-order valence-corrected chi connectivity index (χ2v) is 5.62. The van der Waals surface area contributed by atoms with Crippen molar-refractivity contribution < 1.29 is 4.58 Å². The Bertz CT molecular complexity index is 369. The highest BCUT2D eigenvalue weighted by molar-refractivity contribution is 6.64. The van der Waals surface area contributed by atoms with Gasteiger partial charge in [0, 0.05) is 11.5 Å². The van der Waals surface area contributed by atoms with Crippen LogP contribution >= 0.6 is 34.8 Å². The van der Waals surface area contributed by atoms with Gasteiger partial charge in [-0.2, -0.15) is 0 Å². The quantitative estimate of drug-likeness (QED) is 0.426. The molecule has 1 nitrogen and oxygen atoms in total. The molecular weight excluding hydrogens is 289 g/mol. The molecule has 0 N–H and O–H groups in total. The topological polar surface area (TPSA) is 3.01 Å². The van der Waals surface area contributed by atoms with Crippen molar-refractivity contribution in [2.75, 3.05) is 12.4 Å². The average molecular weight is 310 g/mol. The maximum atomic E-state index is 6.19. The lowest BCUT2D eigenvalue weighted by molar-refractivity contribution is -0.513. The molecule has 0 aliphatic carbocycles. The SMILES string of the molecule is Cc1ccc(C[N+](C)=C(Cl)C(C)C)cc1.ClCCl. The van der Waals surface area contributed by atoms with E-state index in [1.54, 1.807) is 0 Å². The minimum Gasteiger partial charge on any atom is -0.222 e. The highest BCUT2D eigenvalue weighted by atomic mass is 35.5. The van der Waals surface area contributed by atoms with Crippen LogP contribution in [0.15, 0.2) is 24.3 Å². The number of alkyl halides is 2. The number of hydrogen-bond acceptors (Lipinski definition) is 0. The third-order valence-electron chi connectivity index (χ3n) is 2.38. The first-order chi connectivity index (χ1) is 8.42. The molecule has 0 radical (unpaired) electrons. The molecule has 1 aromatic carbocycles. The lowest BCUT2D eigenvalue weighted by Gasteiger charge is -2.04. The molecule has 0 spiro atoms. The molecule has 0 saturated heterocycles. The van der Waals surface area contributed by atoms with Gasteiger partial charge in [-0.25, -0.2) is 4.58 Å². The second-order valence-electron chi connectivity index (χ2n) is 4.42. The van der Waals surface area contributed by atoms with Crippen LogP contribution in [0.3, 0.4) is 0 Å². The van der Waals surface area contributed by atoms with Crippen LogP contribution in [0.25, 0.3) is 0 Å². The summed E-state index contributed by atoms with van der Waals surface area (Å²) in [6, 6.07) is 8.56. The van der Waals surface area contributed by atoms with Crippen LogP contribution in [0.4, 0.5) is 0 Å². The van der Waals surface area contributed by atoms with E-state index in [0.717, 1.165) is 11.7 Å². The largest absolute Gasteiger partial charge is 0.247 e. The summed E-state index contributed by atoms with van der Waals surface area (Å²) in [5.41, 5.74) is 2.59. The molecule has 0 aromatic heterocycles. The van der Waals surface area contributed by atoms with E-state index in [9.17, 15) is 0 Å². The Labute approximate surface area is 125 Å². The van der Waals surface area contributed by atoms with Gasteiger partial charge in [0.2, 0.25) is 5.17 Å². The van der Waals surface area contributed by atoms with Gasteiger partial charge in [0.15, 0.2) is 6.54 Å². The summed E-state index contributed by atoms with van der Waals surface area (Å²) >= 11 is 15.7. The monoisotopic (exact) mass is 308 g/mol. The summed E-state index contributed by atoms with van der Waals surface area (Å²) in [5, 5.41) is 1.11. The van der Waals surface area contributed by atoms with E-state index in [0.29, 0.717) is 5.92 Å². The standard InChI is InChI=1S/C13H19ClN.CH2Cl2/c1-10(2)13(14)15(4)9-12-7-5-11(3)6-8-12;2-1-3/h5-8,10H,9H2,1-4H3;1H2/q+1;. The van der Waals surface area contributed by atoms with E-state index in [2.05, 4.69) is 49.6 Å². The number of rotatable bonds is 3. The molecule has 0 fully saturated rings. The van der Waals surface area contributed by atoms with Crippen LogP contribution in [-0.2, 0) is 6.54 Å². The van der Waals surface area contributed by atoms with E-state index in [1.165, 1.54) is 11.1 Å². The maximum absolute atomic E-state index is 6.19. The summed E-state index contributed by atoms with van der Waals surface area (Å²) in [6.45, 7) is 7.18. The van der Waals surface area contributed by atoms with E-state index < -0.39 is 0 Å². The van der Waals surface area contributed by atoms with Crippen molar-refractivity contribution in [1.29, 1.82) is 0 Å². The van der Waals surface area contributed by atoms with Crippen molar-refractivity contribution in [3.63, 3.8) is 0 Å². The smallest absolute Gasteiger partial charge is 0.222 e. The Kier molecular flexibility index (Phi) is 9.53. The molecule has 0 amide bonds. The highest BCUT2D eigenvalue weighted by Crippen LogP contribution is 2.07. The zero-order valence-corrected chi connectivity index (χ0v) is 13.6. The van der Waals surface area contributed by atoms with Crippen molar-refractivity contribution in [3.05, 3.63) is 35.4 Å². The van der Waals surface area contributed by atoms with Crippen LogP contribution in [0.5, 0.6) is 0 Å². The van der Waals surface area contributed by atoms with Gasteiger partial charge in [-0.15, -0.1) is 23.2 Å². The number of hydrogen-bond donors (Lipinski definition) is 0. The molecule has 4 heteroatoms. The van der Waals surface area contributed by atoms with Gasteiger partial charge >= 0.3 is 0 Å². The van der Waals surface area contributed by atoms with Crippen LogP contribution in [-0.4, -0.2) is 22.1 Å². The number of nitrogens with zero attached hydrogens (tertiary/aromatic N) is 1. The van der Waals surface area contributed by atoms with Gasteiger partial charge in [-0.3, -0.25) is 0 Å². The summed E-state index contributed by atoms with van der Waals surface area (Å²) < 4.78 is 2.09. The molecule has 0 aliphatic heterocycles. The molecule has 0 unspecified atom stereocenters. The van der Waals surface area contributed by atoms with Crippen molar-refractivity contribution in [1.82, 2.24) is 0 Å². The van der Waals surface area contributed by atoms with Crippen molar-refractivity contribution in [2.45, 2.75) is 27.3 Å². The third-order valence-corrected chi connectivity index (χ3v) is 3.11. The molecule has 102 valence electrons. The molecule has 1 aromatic rings. The summed E-state index contributed by atoms with van der Waals surface area (Å²) in [4.78, 5) is 0. The molecule has 0 saturated carbocycles. The Morgan fingerprint density at radius 1 is 1.17 bits per heavy atom. The van der Waals surface area contributed by atoms with Gasteiger partial charge in [0.25, 0.3) is 0 Å². The second kappa shape index (κ2) is 9.66. The molecule has 0 atom stereocenters. The number of aryl methyl sites for hydroxylation is 1.